The smallest absolute Gasteiger partial charge is 0.374 e. The minimum Gasteiger partial charge on any atom is -0.374 e. The number of hydrogen-bond donors (Lipinski definition) is 1. The Kier molecular flexibility index (Phi) is 5.83. The first-order chi connectivity index (χ1) is 15.5. The van der Waals surface area contributed by atoms with E-state index in [-0.39, 0.29) is 33.8 Å². The van der Waals surface area contributed by atoms with Crippen molar-refractivity contribution in [1.29, 1.82) is 5.26 Å². The molecular weight excluding hydrogens is 478 g/mol. The molecule has 4 rings (SSSR count). The summed E-state index contributed by atoms with van der Waals surface area (Å²) >= 11 is 11.9. The first-order valence-electron chi connectivity index (χ1n) is 10.1. The standard InChI is InChI=1S/C23H18Cl2F3N3O2/c1-13-6-14(2-3-18(13)20(32)30-12-21(11-29)4-5-21)19-10-22(33-31-19,23(26,27)28)15-7-16(24)9-17(25)8-15/h2-3,6-9H,4-5,10,12H2,1H3,(H,30,32). The second-order valence-corrected chi connectivity index (χ2v) is 9.27. The monoisotopic (exact) mass is 495 g/mol. The molecule has 1 unspecified atom stereocenters. The predicted octanol–water partition coefficient (Wildman–Crippen LogP) is 5.92. The van der Waals surface area contributed by atoms with E-state index < -0.39 is 23.6 Å². The van der Waals surface area contributed by atoms with Crippen molar-refractivity contribution in [3.63, 3.8) is 0 Å². The maximum Gasteiger partial charge on any atom is 0.435 e. The van der Waals surface area contributed by atoms with E-state index in [9.17, 15) is 18.0 Å². The number of benzene rings is 2. The minimum absolute atomic E-state index is 0.0498. The van der Waals surface area contributed by atoms with Gasteiger partial charge >= 0.3 is 6.18 Å². The molecule has 2 aliphatic rings. The molecule has 1 aliphatic carbocycles. The molecule has 2 aromatic carbocycles. The Hall–Kier alpha value is -2.76. The van der Waals surface area contributed by atoms with Crippen molar-refractivity contribution < 1.29 is 22.8 Å². The quantitative estimate of drug-likeness (QED) is 0.559. The number of aryl methyl sites for hydroxylation is 1. The Morgan fingerprint density at radius 2 is 1.88 bits per heavy atom. The van der Waals surface area contributed by atoms with Crippen LogP contribution < -0.4 is 5.32 Å². The Morgan fingerprint density at radius 1 is 1.21 bits per heavy atom. The Balaban J connectivity index is 1.57. The van der Waals surface area contributed by atoms with Crippen molar-refractivity contribution in [2.45, 2.75) is 38.0 Å². The number of hydrogen-bond acceptors (Lipinski definition) is 4. The largest absolute Gasteiger partial charge is 0.435 e. The van der Waals surface area contributed by atoms with Gasteiger partial charge in [0.2, 0.25) is 0 Å². The van der Waals surface area contributed by atoms with E-state index in [1.54, 1.807) is 13.0 Å². The van der Waals surface area contributed by atoms with Crippen LogP contribution in [0, 0.1) is 23.7 Å². The summed E-state index contributed by atoms with van der Waals surface area (Å²) in [6.45, 7) is 1.94. The minimum atomic E-state index is -4.79. The second kappa shape index (κ2) is 8.23. The molecule has 1 amide bonds. The van der Waals surface area contributed by atoms with Gasteiger partial charge < -0.3 is 10.2 Å². The van der Waals surface area contributed by atoms with Gasteiger partial charge in [-0.3, -0.25) is 4.79 Å². The van der Waals surface area contributed by atoms with Crippen molar-refractivity contribution in [3.8, 4) is 6.07 Å². The van der Waals surface area contributed by atoms with E-state index in [1.165, 1.54) is 18.2 Å². The molecule has 1 N–H and O–H groups in total. The van der Waals surface area contributed by atoms with Crippen LogP contribution in [0.15, 0.2) is 41.6 Å². The molecule has 10 heteroatoms. The second-order valence-electron chi connectivity index (χ2n) is 8.39. The zero-order valence-corrected chi connectivity index (χ0v) is 18.9. The third kappa shape index (κ3) is 4.40. The summed E-state index contributed by atoms with van der Waals surface area (Å²) in [7, 11) is 0. The SMILES string of the molecule is Cc1cc(C2=NOC(c3cc(Cl)cc(Cl)c3)(C(F)(F)F)C2)ccc1C(=O)NCC1(C#N)CC1. The molecular formula is C23H18Cl2F3N3O2. The van der Waals surface area contributed by atoms with Gasteiger partial charge in [0.15, 0.2) is 0 Å². The number of carbonyl (C=O) groups is 1. The summed E-state index contributed by atoms with van der Waals surface area (Å²) in [5, 5.41) is 15.7. The zero-order chi connectivity index (χ0) is 24.0. The third-order valence-corrected chi connectivity index (χ3v) is 6.43. The van der Waals surface area contributed by atoms with Gasteiger partial charge in [0, 0.05) is 34.1 Å². The van der Waals surface area contributed by atoms with Gasteiger partial charge in [-0.1, -0.05) is 34.4 Å². The third-order valence-electron chi connectivity index (χ3n) is 6.00. The molecule has 1 atom stereocenters. The fraction of sp³-hybridized carbons (Fsp3) is 0.348. The topological polar surface area (TPSA) is 74.5 Å². The highest BCUT2D eigenvalue weighted by molar-refractivity contribution is 6.34. The summed E-state index contributed by atoms with van der Waals surface area (Å²) < 4.78 is 42.5. The van der Waals surface area contributed by atoms with Gasteiger partial charge in [0.1, 0.15) is 0 Å². The molecule has 0 radical (unpaired) electrons. The van der Waals surface area contributed by atoms with E-state index >= 15 is 0 Å². The summed E-state index contributed by atoms with van der Waals surface area (Å²) in [6, 6.07) is 10.5. The van der Waals surface area contributed by atoms with Crippen LogP contribution in [-0.2, 0) is 10.4 Å². The Labute approximate surface area is 198 Å². The Morgan fingerprint density at radius 3 is 2.42 bits per heavy atom. The number of nitriles is 1. The van der Waals surface area contributed by atoms with Crippen molar-refractivity contribution in [3.05, 3.63) is 68.7 Å². The number of rotatable bonds is 5. The number of halogens is 5. The van der Waals surface area contributed by atoms with Crippen LogP contribution in [0.5, 0.6) is 0 Å². The van der Waals surface area contributed by atoms with Gasteiger partial charge in [-0.25, -0.2) is 0 Å². The molecule has 5 nitrogen and oxygen atoms in total. The molecule has 1 fully saturated rings. The average molecular weight is 496 g/mol. The van der Waals surface area contributed by atoms with E-state index in [0.29, 0.717) is 16.7 Å². The summed E-state index contributed by atoms with van der Waals surface area (Å²) in [6.07, 6.45) is -3.87. The molecule has 33 heavy (non-hydrogen) atoms. The lowest BCUT2D eigenvalue weighted by molar-refractivity contribution is -0.275. The zero-order valence-electron chi connectivity index (χ0n) is 17.4. The van der Waals surface area contributed by atoms with Gasteiger partial charge in [0.25, 0.3) is 11.5 Å². The van der Waals surface area contributed by atoms with Gasteiger partial charge in [-0.2, -0.15) is 18.4 Å². The summed E-state index contributed by atoms with van der Waals surface area (Å²) in [5.41, 5.74) is -2.04. The number of carbonyl (C=O) groups excluding carboxylic acids is 1. The highest BCUT2D eigenvalue weighted by Gasteiger charge is 2.62. The lowest BCUT2D eigenvalue weighted by Crippen LogP contribution is -2.42. The molecule has 0 aromatic heterocycles. The summed E-state index contributed by atoms with van der Waals surface area (Å²) in [5.74, 6) is -0.344. The first-order valence-corrected chi connectivity index (χ1v) is 10.8. The van der Waals surface area contributed by atoms with Crippen molar-refractivity contribution in [1.82, 2.24) is 5.32 Å². The van der Waals surface area contributed by atoms with E-state index in [4.69, 9.17) is 33.3 Å². The number of nitrogens with zero attached hydrogens (tertiary/aromatic N) is 2. The molecule has 172 valence electrons. The molecule has 0 spiro atoms. The number of alkyl halides is 3. The lowest BCUT2D eigenvalue weighted by atomic mass is 9.86. The number of oxime groups is 1. The van der Waals surface area contributed by atoms with Crippen LogP contribution in [0.2, 0.25) is 10.0 Å². The molecule has 1 heterocycles. The highest BCUT2D eigenvalue weighted by Crippen LogP contribution is 2.49. The maximum absolute atomic E-state index is 14.2. The van der Waals surface area contributed by atoms with Crippen LogP contribution in [-0.4, -0.2) is 24.3 Å². The van der Waals surface area contributed by atoms with Gasteiger partial charge in [-0.15, -0.1) is 0 Å². The molecule has 0 bridgehead atoms. The number of nitrogens with one attached hydrogen (secondary N) is 1. The van der Waals surface area contributed by atoms with Crippen LogP contribution in [0.25, 0.3) is 0 Å². The van der Waals surface area contributed by atoms with Crippen molar-refractivity contribution >= 4 is 34.8 Å². The highest BCUT2D eigenvalue weighted by atomic mass is 35.5. The van der Waals surface area contributed by atoms with Crippen LogP contribution >= 0.6 is 23.2 Å². The average Bonchev–Trinajstić information content (AvgIpc) is 3.37. The van der Waals surface area contributed by atoms with Crippen molar-refractivity contribution in [2.24, 2.45) is 10.6 Å². The summed E-state index contributed by atoms with van der Waals surface area (Å²) in [4.78, 5) is 17.5. The molecule has 0 saturated heterocycles. The predicted molar refractivity (Wildman–Crippen MR) is 117 cm³/mol. The molecule has 1 aliphatic heterocycles. The number of amides is 1. The van der Waals surface area contributed by atoms with Gasteiger partial charge in [0.05, 0.1) is 17.2 Å². The van der Waals surface area contributed by atoms with Crippen LogP contribution in [0.1, 0.15) is 46.3 Å². The lowest BCUT2D eigenvalue weighted by Gasteiger charge is -2.29. The van der Waals surface area contributed by atoms with Crippen LogP contribution in [0.3, 0.4) is 0 Å². The van der Waals surface area contributed by atoms with Crippen LogP contribution in [0.4, 0.5) is 13.2 Å². The van der Waals surface area contributed by atoms with Crippen molar-refractivity contribution in [2.75, 3.05) is 6.54 Å². The maximum atomic E-state index is 14.2. The normalized spacial score (nSPS) is 21.1. The van der Waals surface area contributed by atoms with E-state index in [0.717, 1.165) is 25.0 Å². The first kappa shape index (κ1) is 23.4. The molecule has 2 aromatic rings. The van der Waals surface area contributed by atoms with E-state index in [1.807, 2.05) is 0 Å². The fourth-order valence-electron chi connectivity index (χ4n) is 3.77. The van der Waals surface area contributed by atoms with Gasteiger partial charge in [-0.05, 0) is 61.2 Å². The fourth-order valence-corrected chi connectivity index (χ4v) is 4.29. The molecule has 1 saturated carbocycles. The van der Waals surface area contributed by atoms with E-state index in [2.05, 4.69) is 16.5 Å². The Bertz CT molecular complexity index is 1180.